The number of fused-ring (bicyclic) bond motifs is 4. The summed E-state index contributed by atoms with van der Waals surface area (Å²) in [5.41, 5.74) is 0.292. The normalized spacial score (nSPS) is 18.0. The van der Waals surface area contributed by atoms with Crippen LogP contribution < -0.4 is 15.5 Å². The number of rotatable bonds is 4. The molecular formula is C20H23FN8O2S. The summed E-state index contributed by atoms with van der Waals surface area (Å²) in [6.45, 7) is 2.45. The van der Waals surface area contributed by atoms with Crippen LogP contribution >= 0.6 is 0 Å². The van der Waals surface area contributed by atoms with Crippen LogP contribution in [0.2, 0.25) is 0 Å². The number of nitrogens with zero attached hydrogens (tertiary/aromatic N) is 6. The summed E-state index contributed by atoms with van der Waals surface area (Å²) >= 11 is 0. The van der Waals surface area contributed by atoms with Crippen molar-refractivity contribution in [2.45, 2.75) is 49.6 Å². The first-order valence-corrected chi connectivity index (χ1v) is 12.0. The molecule has 2 aliphatic rings. The lowest BCUT2D eigenvalue weighted by molar-refractivity contribution is 0.262. The molecule has 1 aliphatic heterocycles. The van der Waals surface area contributed by atoms with Crippen molar-refractivity contribution in [1.82, 2.24) is 19.5 Å². The van der Waals surface area contributed by atoms with Crippen molar-refractivity contribution in [3.8, 4) is 0 Å². The molecule has 1 saturated carbocycles. The molecule has 168 valence electrons. The Hall–Kier alpha value is -3.12. The number of aromatic nitrogens is 4. The van der Waals surface area contributed by atoms with Crippen molar-refractivity contribution >= 4 is 44.5 Å². The maximum absolute atomic E-state index is 15.4. The maximum Gasteiger partial charge on any atom is 0.255 e. The van der Waals surface area contributed by atoms with Crippen molar-refractivity contribution in [2.75, 3.05) is 16.9 Å². The Morgan fingerprint density at radius 2 is 1.97 bits per heavy atom. The van der Waals surface area contributed by atoms with Crippen LogP contribution in [0.25, 0.3) is 11.0 Å². The fourth-order valence-corrected chi connectivity index (χ4v) is 5.00. The van der Waals surface area contributed by atoms with Gasteiger partial charge in [0.1, 0.15) is 17.0 Å². The van der Waals surface area contributed by atoms with E-state index >= 15 is 4.39 Å². The van der Waals surface area contributed by atoms with E-state index in [9.17, 15) is 8.42 Å². The number of hydrogen-bond donors (Lipinski definition) is 2. The Bertz CT molecular complexity index is 1310. The smallest absolute Gasteiger partial charge is 0.255 e. The molecule has 0 atom stereocenters. The van der Waals surface area contributed by atoms with Crippen LogP contribution in [0.15, 0.2) is 40.7 Å². The SMILES string of the molecule is CCN1N=C(F)C2(CCCCC2)n2c1cc1cnc(Nc3ccc(S(N)(=O)=O)nc3)nc12. The van der Waals surface area contributed by atoms with Gasteiger partial charge in [0, 0.05) is 18.1 Å². The average Bonchev–Trinajstić information content (AvgIpc) is 3.16. The highest BCUT2D eigenvalue weighted by Gasteiger charge is 2.46. The summed E-state index contributed by atoms with van der Waals surface area (Å²) in [4.78, 5) is 12.9. The number of anilines is 3. The first-order chi connectivity index (χ1) is 15.3. The van der Waals surface area contributed by atoms with Crippen LogP contribution in [0.3, 0.4) is 0 Å². The largest absolute Gasteiger partial charge is 0.323 e. The molecule has 0 bridgehead atoms. The molecule has 3 aromatic heterocycles. The second kappa shape index (κ2) is 7.48. The van der Waals surface area contributed by atoms with E-state index in [1.165, 1.54) is 18.3 Å². The number of nitrogens with two attached hydrogens (primary N) is 1. The number of pyridine rings is 1. The van der Waals surface area contributed by atoms with Crippen LogP contribution in [0.1, 0.15) is 39.0 Å². The molecule has 0 aromatic carbocycles. The van der Waals surface area contributed by atoms with Gasteiger partial charge in [-0.1, -0.05) is 19.3 Å². The van der Waals surface area contributed by atoms with Crippen molar-refractivity contribution in [1.29, 1.82) is 0 Å². The van der Waals surface area contributed by atoms with Crippen molar-refractivity contribution in [3.63, 3.8) is 0 Å². The molecule has 5 rings (SSSR count). The third-order valence-corrected chi connectivity index (χ3v) is 6.90. The highest BCUT2D eigenvalue weighted by molar-refractivity contribution is 7.89. The lowest BCUT2D eigenvalue weighted by Gasteiger charge is -2.42. The van der Waals surface area contributed by atoms with E-state index in [1.807, 2.05) is 17.6 Å². The summed E-state index contributed by atoms with van der Waals surface area (Å²) < 4.78 is 40.2. The maximum atomic E-state index is 15.4. The number of hydrazone groups is 1. The Morgan fingerprint density at radius 3 is 2.62 bits per heavy atom. The summed E-state index contributed by atoms with van der Waals surface area (Å²) in [6, 6.07) is 4.77. The molecule has 0 amide bonds. The number of halogens is 1. The van der Waals surface area contributed by atoms with E-state index in [-0.39, 0.29) is 11.0 Å². The standard InChI is InChI=1S/C20H23FN8O2S/c1-2-28-16-10-13-11-24-19(25-14-6-7-15(23-12-14)32(22,30)31)26-17(13)29(16)20(18(21)27-28)8-4-3-5-9-20/h6-7,10-12H,2-5,8-9H2,1H3,(H2,22,30,31)(H,24,25,26). The van der Waals surface area contributed by atoms with Gasteiger partial charge in [-0.3, -0.25) is 4.57 Å². The van der Waals surface area contributed by atoms with Crippen molar-refractivity contribution in [3.05, 3.63) is 30.6 Å². The van der Waals surface area contributed by atoms with Crippen LogP contribution in [0, 0.1) is 0 Å². The number of nitrogens with one attached hydrogen (secondary N) is 1. The minimum atomic E-state index is -3.88. The van der Waals surface area contributed by atoms with Gasteiger partial charge in [0.2, 0.25) is 11.9 Å². The molecule has 3 aromatic rings. The molecule has 32 heavy (non-hydrogen) atoms. The summed E-state index contributed by atoms with van der Waals surface area (Å²) in [5.74, 6) is 0.719. The molecule has 0 saturated heterocycles. The molecule has 0 radical (unpaired) electrons. The van der Waals surface area contributed by atoms with E-state index < -0.39 is 15.6 Å². The van der Waals surface area contributed by atoms with E-state index in [2.05, 4.69) is 25.4 Å². The molecule has 3 N–H and O–H groups in total. The van der Waals surface area contributed by atoms with Gasteiger partial charge in [-0.15, -0.1) is 5.10 Å². The Morgan fingerprint density at radius 1 is 1.19 bits per heavy atom. The summed E-state index contributed by atoms with van der Waals surface area (Å²) in [6.07, 6.45) is 7.28. The molecule has 10 nitrogen and oxygen atoms in total. The molecular weight excluding hydrogens is 435 g/mol. The number of primary sulfonamides is 1. The minimum Gasteiger partial charge on any atom is -0.323 e. The van der Waals surface area contributed by atoms with Gasteiger partial charge in [-0.2, -0.15) is 9.37 Å². The lowest BCUT2D eigenvalue weighted by Crippen LogP contribution is -2.47. The first-order valence-electron chi connectivity index (χ1n) is 10.5. The zero-order chi connectivity index (χ0) is 22.5. The average molecular weight is 459 g/mol. The van der Waals surface area contributed by atoms with Gasteiger partial charge in [0.05, 0.1) is 11.9 Å². The first kappa shape index (κ1) is 20.8. The van der Waals surface area contributed by atoms with E-state index in [4.69, 9.17) is 5.14 Å². The fourth-order valence-electron chi connectivity index (χ4n) is 4.54. The van der Waals surface area contributed by atoms with E-state index in [0.717, 1.165) is 30.5 Å². The quantitative estimate of drug-likeness (QED) is 0.614. The van der Waals surface area contributed by atoms with Crippen LogP contribution in [0.4, 0.5) is 21.8 Å². The molecule has 12 heteroatoms. The van der Waals surface area contributed by atoms with Gasteiger partial charge in [-0.05, 0) is 38.0 Å². The summed E-state index contributed by atoms with van der Waals surface area (Å²) in [7, 11) is -3.88. The Kier molecular flexibility index (Phi) is 4.86. The number of sulfonamides is 1. The van der Waals surface area contributed by atoms with E-state index in [1.54, 1.807) is 11.2 Å². The highest BCUT2D eigenvalue weighted by atomic mass is 32.2. The predicted octanol–water partition coefficient (Wildman–Crippen LogP) is 3.00. The van der Waals surface area contributed by atoms with Crippen LogP contribution in [0.5, 0.6) is 0 Å². The highest BCUT2D eigenvalue weighted by Crippen LogP contribution is 2.45. The molecule has 0 unspecified atom stereocenters. The van der Waals surface area contributed by atoms with Crippen LogP contribution in [-0.4, -0.2) is 40.4 Å². The fraction of sp³-hybridized carbons (Fsp3) is 0.400. The second-order valence-corrected chi connectivity index (χ2v) is 9.57. The second-order valence-electron chi connectivity index (χ2n) is 8.06. The predicted molar refractivity (Wildman–Crippen MR) is 119 cm³/mol. The third kappa shape index (κ3) is 3.30. The minimum absolute atomic E-state index is 0.228. The summed E-state index contributed by atoms with van der Waals surface area (Å²) in [5, 5.41) is 14.6. The van der Waals surface area contributed by atoms with Crippen LogP contribution in [-0.2, 0) is 15.6 Å². The molecule has 1 fully saturated rings. The zero-order valence-electron chi connectivity index (χ0n) is 17.5. The van der Waals surface area contributed by atoms with E-state index in [0.29, 0.717) is 36.7 Å². The van der Waals surface area contributed by atoms with Gasteiger partial charge >= 0.3 is 0 Å². The molecule has 4 heterocycles. The lowest BCUT2D eigenvalue weighted by atomic mass is 9.81. The monoisotopic (exact) mass is 458 g/mol. The Labute approximate surface area is 184 Å². The molecule has 1 spiro atoms. The number of hydrogen-bond acceptors (Lipinski definition) is 8. The molecule has 1 aliphatic carbocycles. The zero-order valence-corrected chi connectivity index (χ0v) is 18.3. The van der Waals surface area contributed by atoms with Gasteiger partial charge < -0.3 is 5.32 Å². The van der Waals surface area contributed by atoms with Crippen molar-refractivity contribution in [2.24, 2.45) is 10.2 Å². The Balaban J connectivity index is 1.58. The van der Waals surface area contributed by atoms with Crippen molar-refractivity contribution < 1.29 is 12.8 Å². The third-order valence-electron chi connectivity index (χ3n) is 6.07. The van der Waals surface area contributed by atoms with Gasteiger partial charge in [0.15, 0.2) is 5.03 Å². The topological polar surface area (TPSA) is 131 Å². The van der Waals surface area contributed by atoms with Gasteiger partial charge in [-0.25, -0.2) is 28.5 Å². The van der Waals surface area contributed by atoms with Gasteiger partial charge in [0.25, 0.3) is 10.0 Å².